The van der Waals surface area contributed by atoms with E-state index < -0.39 is 0 Å². The molecule has 2 aliphatic rings. The summed E-state index contributed by atoms with van der Waals surface area (Å²) in [7, 11) is 0. The van der Waals surface area contributed by atoms with Gasteiger partial charge in [-0.15, -0.1) is 0 Å². The molecule has 1 saturated carbocycles. The first kappa shape index (κ1) is 13.9. The van der Waals surface area contributed by atoms with E-state index in [9.17, 15) is 4.79 Å². The molecule has 1 aliphatic carbocycles. The van der Waals surface area contributed by atoms with Gasteiger partial charge < -0.3 is 10.2 Å². The Morgan fingerprint density at radius 2 is 2.06 bits per heavy atom. The van der Waals surface area contributed by atoms with Gasteiger partial charge in [0.2, 0.25) is 5.91 Å². The Balaban J connectivity index is 1.89. The Morgan fingerprint density at radius 1 is 1.33 bits per heavy atom. The lowest BCUT2D eigenvalue weighted by atomic mass is 9.85. The molecule has 3 nitrogen and oxygen atoms in total. The van der Waals surface area contributed by atoms with Gasteiger partial charge in [-0.2, -0.15) is 0 Å². The van der Waals surface area contributed by atoms with Crippen LogP contribution in [-0.4, -0.2) is 36.5 Å². The fraction of sp³-hybridized carbons (Fsp3) is 0.933. The molecule has 3 heteroatoms. The lowest BCUT2D eigenvalue weighted by molar-refractivity contribution is -0.133. The van der Waals surface area contributed by atoms with E-state index in [1.807, 2.05) is 6.92 Å². The number of rotatable bonds is 5. The van der Waals surface area contributed by atoms with Crippen LogP contribution in [0.3, 0.4) is 0 Å². The first-order chi connectivity index (χ1) is 8.60. The standard InChI is InChI=1S/C15H28N2O/c1-4-15(18)17-9-13(11(2)3)7-14(10-17)16-8-12-5-6-12/h11-14,16H,4-10H2,1-3H3. The van der Waals surface area contributed by atoms with E-state index in [1.54, 1.807) is 0 Å². The van der Waals surface area contributed by atoms with Crippen molar-refractivity contribution >= 4 is 5.91 Å². The third-order valence-corrected chi connectivity index (χ3v) is 4.47. The largest absolute Gasteiger partial charge is 0.341 e. The second-order valence-electron chi connectivity index (χ2n) is 6.44. The minimum atomic E-state index is 0.318. The van der Waals surface area contributed by atoms with Crippen molar-refractivity contribution in [2.75, 3.05) is 19.6 Å². The first-order valence-corrected chi connectivity index (χ1v) is 7.61. The van der Waals surface area contributed by atoms with E-state index in [1.165, 1.54) is 19.3 Å². The van der Waals surface area contributed by atoms with Gasteiger partial charge in [-0.25, -0.2) is 0 Å². The smallest absolute Gasteiger partial charge is 0.222 e. The molecule has 2 fully saturated rings. The van der Waals surface area contributed by atoms with Crippen LogP contribution in [-0.2, 0) is 4.79 Å². The van der Waals surface area contributed by atoms with Gasteiger partial charge in [0.1, 0.15) is 0 Å². The molecule has 2 atom stereocenters. The number of nitrogens with zero attached hydrogens (tertiary/aromatic N) is 1. The minimum Gasteiger partial charge on any atom is -0.341 e. The zero-order valence-corrected chi connectivity index (χ0v) is 12.1. The summed E-state index contributed by atoms with van der Waals surface area (Å²) in [6.07, 6.45) is 4.66. The van der Waals surface area contributed by atoms with Crippen LogP contribution in [0.5, 0.6) is 0 Å². The highest BCUT2D eigenvalue weighted by molar-refractivity contribution is 5.76. The summed E-state index contributed by atoms with van der Waals surface area (Å²) in [6.45, 7) is 9.57. The average molecular weight is 252 g/mol. The van der Waals surface area contributed by atoms with Crippen molar-refractivity contribution in [1.82, 2.24) is 10.2 Å². The molecule has 2 unspecified atom stereocenters. The third-order valence-electron chi connectivity index (χ3n) is 4.47. The lowest BCUT2D eigenvalue weighted by Gasteiger charge is -2.40. The maximum Gasteiger partial charge on any atom is 0.222 e. The SMILES string of the molecule is CCC(=O)N1CC(NCC2CC2)CC(C(C)C)C1. The molecule has 0 aromatic heterocycles. The number of carbonyl (C=O) groups excluding carboxylic acids is 1. The molecule has 104 valence electrons. The predicted octanol–water partition coefficient (Wildman–Crippen LogP) is 2.27. The summed E-state index contributed by atoms with van der Waals surface area (Å²) in [5.74, 6) is 2.56. The molecule has 2 rings (SSSR count). The van der Waals surface area contributed by atoms with E-state index in [4.69, 9.17) is 0 Å². The van der Waals surface area contributed by atoms with Crippen LogP contribution in [0.2, 0.25) is 0 Å². The number of hydrogen-bond acceptors (Lipinski definition) is 2. The van der Waals surface area contributed by atoms with Crippen LogP contribution in [0.25, 0.3) is 0 Å². The Hall–Kier alpha value is -0.570. The molecule has 1 saturated heterocycles. The predicted molar refractivity (Wildman–Crippen MR) is 74.3 cm³/mol. The van der Waals surface area contributed by atoms with Gasteiger partial charge in [-0.1, -0.05) is 20.8 Å². The van der Waals surface area contributed by atoms with E-state index >= 15 is 0 Å². The van der Waals surface area contributed by atoms with Crippen LogP contribution >= 0.6 is 0 Å². The molecular weight excluding hydrogens is 224 g/mol. The number of piperidine rings is 1. The molecule has 1 heterocycles. The maximum atomic E-state index is 11.9. The lowest BCUT2D eigenvalue weighted by Crippen LogP contribution is -2.52. The molecule has 1 aliphatic heterocycles. The number of amides is 1. The molecular formula is C15H28N2O. The normalized spacial score (nSPS) is 28.8. The second kappa shape index (κ2) is 6.05. The summed E-state index contributed by atoms with van der Waals surface area (Å²) < 4.78 is 0. The quantitative estimate of drug-likeness (QED) is 0.814. The first-order valence-electron chi connectivity index (χ1n) is 7.61. The van der Waals surface area contributed by atoms with Crippen LogP contribution < -0.4 is 5.32 Å². The van der Waals surface area contributed by atoms with Crippen LogP contribution in [0.1, 0.15) is 46.5 Å². The molecule has 0 aromatic rings. The molecule has 0 aromatic carbocycles. The maximum absolute atomic E-state index is 11.9. The number of likely N-dealkylation sites (tertiary alicyclic amines) is 1. The van der Waals surface area contributed by atoms with Crippen LogP contribution in [0, 0.1) is 17.8 Å². The highest BCUT2D eigenvalue weighted by atomic mass is 16.2. The Morgan fingerprint density at radius 3 is 2.61 bits per heavy atom. The molecule has 1 N–H and O–H groups in total. The molecule has 18 heavy (non-hydrogen) atoms. The zero-order valence-electron chi connectivity index (χ0n) is 12.1. The minimum absolute atomic E-state index is 0.318. The summed E-state index contributed by atoms with van der Waals surface area (Å²) in [4.78, 5) is 14.0. The number of nitrogens with one attached hydrogen (secondary N) is 1. The van der Waals surface area contributed by atoms with Gasteiger partial charge in [0.15, 0.2) is 0 Å². The monoisotopic (exact) mass is 252 g/mol. The van der Waals surface area contributed by atoms with E-state index in [0.717, 1.165) is 25.6 Å². The van der Waals surface area contributed by atoms with Crippen molar-refractivity contribution in [2.24, 2.45) is 17.8 Å². The van der Waals surface area contributed by atoms with Gasteiger partial charge in [0, 0.05) is 25.6 Å². The van der Waals surface area contributed by atoms with Crippen molar-refractivity contribution in [3.05, 3.63) is 0 Å². The van der Waals surface area contributed by atoms with Crippen molar-refractivity contribution in [2.45, 2.75) is 52.5 Å². The molecule has 0 spiro atoms. The average Bonchev–Trinajstić information content (AvgIpc) is 3.19. The summed E-state index contributed by atoms with van der Waals surface area (Å²) in [5.41, 5.74) is 0. The molecule has 0 bridgehead atoms. The Labute approximate surface area is 111 Å². The van der Waals surface area contributed by atoms with Crippen molar-refractivity contribution in [1.29, 1.82) is 0 Å². The van der Waals surface area contributed by atoms with E-state index in [2.05, 4.69) is 24.1 Å². The van der Waals surface area contributed by atoms with Crippen LogP contribution in [0.15, 0.2) is 0 Å². The highest BCUT2D eigenvalue weighted by Gasteiger charge is 2.31. The number of hydrogen-bond donors (Lipinski definition) is 1. The Bertz CT molecular complexity index is 286. The summed E-state index contributed by atoms with van der Waals surface area (Å²) >= 11 is 0. The van der Waals surface area contributed by atoms with Crippen molar-refractivity contribution < 1.29 is 4.79 Å². The van der Waals surface area contributed by atoms with E-state index in [-0.39, 0.29) is 0 Å². The van der Waals surface area contributed by atoms with Gasteiger partial charge in [-0.3, -0.25) is 4.79 Å². The molecule has 1 amide bonds. The summed E-state index contributed by atoms with van der Waals surface area (Å²) in [5, 5.41) is 3.68. The molecule has 0 radical (unpaired) electrons. The topological polar surface area (TPSA) is 32.3 Å². The van der Waals surface area contributed by atoms with Gasteiger partial charge >= 0.3 is 0 Å². The highest BCUT2D eigenvalue weighted by Crippen LogP contribution is 2.29. The van der Waals surface area contributed by atoms with Gasteiger partial charge in [-0.05, 0) is 43.6 Å². The number of carbonyl (C=O) groups is 1. The summed E-state index contributed by atoms with van der Waals surface area (Å²) in [6, 6.07) is 0.516. The zero-order chi connectivity index (χ0) is 13.1. The second-order valence-corrected chi connectivity index (χ2v) is 6.44. The van der Waals surface area contributed by atoms with Gasteiger partial charge in [0.25, 0.3) is 0 Å². The fourth-order valence-electron chi connectivity index (χ4n) is 2.85. The van der Waals surface area contributed by atoms with Gasteiger partial charge in [0.05, 0.1) is 0 Å². The van der Waals surface area contributed by atoms with Crippen molar-refractivity contribution in [3.8, 4) is 0 Å². The van der Waals surface area contributed by atoms with Crippen LogP contribution in [0.4, 0.5) is 0 Å². The third kappa shape index (κ3) is 3.71. The Kier molecular flexibility index (Phi) is 4.66. The van der Waals surface area contributed by atoms with Crippen molar-refractivity contribution in [3.63, 3.8) is 0 Å². The van der Waals surface area contributed by atoms with E-state index in [0.29, 0.717) is 30.2 Å². The fourth-order valence-corrected chi connectivity index (χ4v) is 2.85.